The number of hydrogen-bond donors (Lipinski definition) is 3. The molecule has 0 spiro atoms. The van der Waals surface area contributed by atoms with Gasteiger partial charge in [0.25, 0.3) is 0 Å². The van der Waals surface area contributed by atoms with Crippen molar-refractivity contribution >= 4 is 17.7 Å². The van der Waals surface area contributed by atoms with Crippen molar-refractivity contribution < 1.29 is 20.1 Å². The van der Waals surface area contributed by atoms with Gasteiger partial charge in [0.1, 0.15) is 0 Å². The Morgan fingerprint density at radius 1 is 1.60 bits per heavy atom. The van der Waals surface area contributed by atoms with Crippen molar-refractivity contribution in [3.63, 3.8) is 0 Å². The Hall–Kier alpha value is -0.260. The SMILES string of the molecule is O=C(O)C(O)CSCCO. The second-order valence-corrected chi connectivity index (χ2v) is 2.80. The summed E-state index contributed by atoms with van der Waals surface area (Å²) in [7, 11) is 0. The van der Waals surface area contributed by atoms with E-state index in [4.69, 9.17) is 15.3 Å². The molecule has 0 bridgehead atoms. The van der Waals surface area contributed by atoms with Crippen LogP contribution < -0.4 is 0 Å². The van der Waals surface area contributed by atoms with Gasteiger partial charge in [-0.05, 0) is 0 Å². The molecule has 0 amide bonds. The second kappa shape index (κ2) is 5.52. The molecule has 0 aliphatic carbocycles. The average molecular weight is 166 g/mol. The first-order valence-electron chi connectivity index (χ1n) is 2.78. The van der Waals surface area contributed by atoms with E-state index in [0.717, 1.165) is 0 Å². The lowest BCUT2D eigenvalue weighted by atomic mass is 10.4. The minimum Gasteiger partial charge on any atom is -0.479 e. The first kappa shape index (κ1) is 9.74. The number of aliphatic hydroxyl groups is 2. The van der Waals surface area contributed by atoms with E-state index in [1.165, 1.54) is 11.8 Å². The van der Waals surface area contributed by atoms with Crippen molar-refractivity contribution in [3.05, 3.63) is 0 Å². The van der Waals surface area contributed by atoms with Gasteiger partial charge >= 0.3 is 5.97 Å². The fourth-order valence-corrected chi connectivity index (χ4v) is 0.992. The second-order valence-electron chi connectivity index (χ2n) is 1.65. The third-order valence-corrected chi connectivity index (χ3v) is 1.82. The fraction of sp³-hybridized carbons (Fsp3) is 0.800. The Morgan fingerprint density at radius 3 is 2.60 bits per heavy atom. The minimum atomic E-state index is -1.31. The molecule has 1 atom stereocenters. The number of hydrogen-bond acceptors (Lipinski definition) is 4. The van der Waals surface area contributed by atoms with E-state index < -0.39 is 12.1 Å². The quantitative estimate of drug-likeness (QED) is 0.464. The molecule has 0 aromatic carbocycles. The lowest BCUT2D eigenvalue weighted by Crippen LogP contribution is -2.22. The number of aliphatic hydroxyl groups excluding tert-OH is 2. The van der Waals surface area contributed by atoms with E-state index in [0.29, 0.717) is 5.75 Å². The van der Waals surface area contributed by atoms with Crippen molar-refractivity contribution in [1.82, 2.24) is 0 Å². The summed E-state index contributed by atoms with van der Waals surface area (Å²) in [6.07, 6.45) is -1.31. The molecule has 0 aliphatic rings. The molecule has 0 aliphatic heterocycles. The van der Waals surface area contributed by atoms with Crippen LogP contribution in [0.4, 0.5) is 0 Å². The maximum absolute atomic E-state index is 9.97. The maximum Gasteiger partial charge on any atom is 0.333 e. The molecule has 0 saturated heterocycles. The van der Waals surface area contributed by atoms with Crippen LogP contribution >= 0.6 is 11.8 Å². The van der Waals surface area contributed by atoms with E-state index in [9.17, 15) is 4.79 Å². The zero-order valence-corrected chi connectivity index (χ0v) is 6.17. The number of aliphatic carboxylic acids is 1. The standard InChI is InChI=1S/C5H10O4S/c6-1-2-10-3-4(7)5(8)9/h4,6-7H,1-3H2,(H,8,9). The van der Waals surface area contributed by atoms with Crippen LogP contribution in [-0.2, 0) is 4.79 Å². The van der Waals surface area contributed by atoms with Crippen LogP contribution in [0.25, 0.3) is 0 Å². The highest BCUT2D eigenvalue weighted by molar-refractivity contribution is 7.99. The van der Waals surface area contributed by atoms with Crippen LogP contribution in [0.5, 0.6) is 0 Å². The Kier molecular flexibility index (Phi) is 5.38. The van der Waals surface area contributed by atoms with E-state index in [-0.39, 0.29) is 12.4 Å². The number of carboxylic acid groups (broad SMARTS) is 1. The molecule has 0 aromatic heterocycles. The molecular weight excluding hydrogens is 156 g/mol. The van der Waals surface area contributed by atoms with Crippen molar-refractivity contribution in [2.45, 2.75) is 6.10 Å². The molecule has 0 saturated carbocycles. The monoisotopic (exact) mass is 166 g/mol. The van der Waals surface area contributed by atoms with Crippen LogP contribution in [0, 0.1) is 0 Å². The fourth-order valence-electron chi connectivity index (χ4n) is 0.331. The van der Waals surface area contributed by atoms with Gasteiger partial charge in [-0.2, -0.15) is 11.8 Å². The van der Waals surface area contributed by atoms with Crippen LogP contribution in [0.2, 0.25) is 0 Å². The van der Waals surface area contributed by atoms with E-state index in [2.05, 4.69) is 0 Å². The van der Waals surface area contributed by atoms with Gasteiger partial charge in [-0.3, -0.25) is 0 Å². The first-order chi connectivity index (χ1) is 4.68. The average Bonchev–Trinajstić information content (AvgIpc) is 1.88. The largest absolute Gasteiger partial charge is 0.479 e. The highest BCUT2D eigenvalue weighted by atomic mass is 32.2. The summed E-state index contributed by atoms with van der Waals surface area (Å²) in [5.74, 6) is -0.620. The Labute approximate surface area is 62.9 Å². The smallest absolute Gasteiger partial charge is 0.333 e. The predicted molar refractivity (Wildman–Crippen MR) is 38.1 cm³/mol. The summed E-state index contributed by atoms with van der Waals surface area (Å²) >= 11 is 1.21. The van der Waals surface area contributed by atoms with Crippen molar-refractivity contribution in [3.8, 4) is 0 Å². The summed E-state index contributed by atoms with van der Waals surface area (Å²) in [6, 6.07) is 0. The normalized spacial score (nSPS) is 13.0. The summed E-state index contributed by atoms with van der Waals surface area (Å²) in [6.45, 7) is 0.0109. The maximum atomic E-state index is 9.97. The molecule has 0 heterocycles. The Balaban J connectivity index is 3.21. The Morgan fingerprint density at radius 2 is 2.20 bits per heavy atom. The van der Waals surface area contributed by atoms with Gasteiger partial charge in [-0.15, -0.1) is 0 Å². The molecule has 5 heteroatoms. The molecule has 0 fully saturated rings. The van der Waals surface area contributed by atoms with Gasteiger partial charge in [0.05, 0.1) is 6.61 Å². The minimum absolute atomic E-state index is 0.0109. The molecule has 0 aromatic rings. The van der Waals surface area contributed by atoms with Crippen molar-refractivity contribution in [2.75, 3.05) is 18.1 Å². The van der Waals surface area contributed by atoms with E-state index in [1.807, 2.05) is 0 Å². The van der Waals surface area contributed by atoms with Gasteiger partial charge in [-0.1, -0.05) is 0 Å². The van der Waals surface area contributed by atoms with E-state index in [1.54, 1.807) is 0 Å². The van der Waals surface area contributed by atoms with Gasteiger partial charge < -0.3 is 15.3 Å². The summed E-state index contributed by atoms with van der Waals surface area (Å²) < 4.78 is 0. The van der Waals surface area contributed by atoms with Gasteiger partial charge in [0, 0.05) is 11.5 Å². The molecule has 3 N–H and O–H groups in total. The molecule has 60 valence electrons. The third-order valence-electron chi connectivity index (χ3n) is 0.796. The molecular formula is C5H10O4S. The zero-order chi connectivity index (χ0) is 7.98. The number of thioether (sulfide) groups is 1. The molecule has 4 nitrogen and oxygen atoms in total. The molecule has 0 radical (unpaired) electrons. The summed E-state index contributed by atoms with van der Waals surface area (Å²) in [4.78, 5) is 9.97. The van der Waals surface area contributed by atoms with Crippen LogP contribution in [0.1, 0.15) is 0 Å². The third kappa shape index (κ3) is 4.60. The first-order valence-corrected chi connectivity index (χ1v) is 3.93. The molecule has 1 unspecified atom stereocenters. The van der Waals surface area contributed by atoms with Gasteiger partial charge in [-0.25, -0.2) is 4.79 Å². The van der Waals surface area contributed by atoms with Crippen LogP contribution in [0.15, 0.2) is 0 Å². The highest BCUT2D eigenvalue weighted by Gasteiger charge is 2.11. The number of carbonyl (C=O) groups is 1. The number of carboxylic acids is 1. The topological polar surface area (TPSA) is 77.8 Å². The predicted octanol–water partition coefficient (Wildman–Crippen LogP) is -0.843. The van der Waals surface area contributed by atoms with Crippen LogP contribution in [0.3, 0.4) is 0 Å². The zero-order valence-electron chi connectivity index (χ0n) is 5.36. The Bertz CT molecular complexity index is 106. The summed E-state index contributed by atoms with van der Waals surface area (Å²) in [5, 5.41) is 25.1. The molecule has 10 heavy (non-hydrogen) atoms. The highest BCUT2D eigenvalue weighted by Crippen LogP contribution is 2.01. The van der Waals surface area contributed by atoms with E-state index >= 15 is 0 Å². The summed E-state index contributed by atoms with van der Waals surface area (Å²) in [5.41, 5.74) is 0. The number of rotatable bonds is 5. The van der Waals surface area contributed by atoms with Gasteiger partial charge in [0.2, 0.25) is 0 Å². The molecule has 0 rings (SSSR count). The van der Waals surface area contributed by atoms with Crippen LogP contribution in [-0.4, -0.2) is 45.5 Å². The van der Waals surface area contributed by atoms with Crippen molar-refractivity contribution in [2.24, 2.45) is 0 Å². The lowest BCUT2D eigenvalue weighted by molar-refractivity contribution is -0.145. The van der Waals surface area contributed by atoms with Crippen molar-refractivity contribution in [1.29, 1.82) is 0 Å². The van der Waals surface area contributed by atoms with Gasteiger partial charge in [0.15, 0.2) is 6.10 Å². The lowest BCUT2D eigenvalue weighted by Gasteiger charge is -2.02.